The minimum atomic E-state index is -0.0857. The lowest BCUT2D eigenvalue weighted by Gasteiger charge is -2.18. The van der Waals surface area contributed by atoms with Gasteiger partial charge in [-0.05, 0) is 17.5 Å². The highest BCUT2D eigenvalue weighted by Crippen LogP contribution is 2.25. The van der Waals surface area contributed by atoms with Gasteiger partial charge in [-0.2, -0.15) is 0 Å². The van der Waals surface area contributed by atoms with Crippen LogP contribution in [0.3, 0.4) is 0 Å². The summed E-state index contributed by atoms with van der Waals surface area (Å²) >= 11 is 5.48. The van der Waals surface area contributed by atoms with Crippen LogP contribution >= 0.6 is 11.6 Å². The largest absolute Gasteiger partial charge is 0.491 e. The predicted molar refractivity (Wildman–Crippen MR) is 74.4 cm³/mol. The van der Waals surface area contributed by atoms with Gasteiger partial charge in [0.25, 0.3) is 0 Å². The Labute approximate surface area is 114 Å². The minimum Gasteiger partial charge on any atom is -0.491 e. The van der Waals surface area contributed by atoms with Gasteiger partial charge < -0.3 is 9.64 Å². The number of amides is 1. The molecule has 1 rings (SSSR count). The van der Waals surface area contributed by atoms with Crippen LogP contribution in [0.5, 0.6) is 5.75 Å². The first kappa shape index (κ1) is 14.8. The zero-order valence-electron chi connectivity index (χ0n) is 11.1. The summed E-state index contributed by atoms with van der Waals surface area (Å²) in [6, 6.07) is 7.98. The van der Waals surface area contributed by atoms with Crippen molar-refractivity contribution >= 4 is 17.5 Å². The van der Waals surface area contributed by atoms with Crippen molar-refractivity contribution in [2.45, 2.75) is 19.8 Å². The van der Waals surface area contributed by atoms with E-state index in [2.05, 4.69) is 19.9 Å². The number of carbonyl (C=O) groups excluding carboxylic acids is 1. The van der Waals surface area contributed by atoms with Crippen LogP contribution in [0.4, 0.5) is 0 Å². The second-order valence-electron chi connectivity index (χ2n) is 4.49. The molecule has 1 aromatic carbocycles. The maximum atomic E-state index is 11.3. The molecule has 0 aliphatic heterocycles. The third-order valence-electron chi connectivity index (χ3n) is 2.77. The van der Waals surface area contributed by atoms with Gasteiger partial charge in [0.1, 0.15) is 18.2 Å². The molecule has 0 aliphatic carbocycles. The lowest BCUT2D eigenvalue weighted by Crippen LogP contribution is -2.31. The molecule has 0 bridgehead atoms. The summed E-state index contributed by atoms with van der Waals surface area (Å²) in [4.78, 5) is 12.8. The summed E-state index contributed by atoms with van der Waals surface area (Å²) in [6.45, 7) is 5.28. The number of para-hydroxylation sites is 1. The van der Waals surface area contributed by atoms with Gasteiger partial charge in [0.2, 0.25) is 5.91 Å². The molecule has 0 N–H and O–H groups in total. The molecule has 0 saturated carbocycles. The molecular formula is C14H20ClNO2. The van der Waals surface area contributed by atoms with Gasteiger partial charge in [0, 0.05) is 7.05 Å². The number of ether oxygens (including phenoxy) is 1. The monoisotopic (exact) mass is 269 g/mol. The van der Waals surface area contributed by atoms with E-state index in [0.29, 0.717) is 19.1 Å². The molecule has 0 radical (unpaired) electrons. The quantitative estimate of drug-likeness (QED) is 0.743. The Bertz CT molecular complexity index is 393. The van der Waals surface area contributed by atoms with E-state index in [1.54, 1.807) is 11.9 Å². The molecule has 100 valence electrons. The van der Waals surface area contributed by atoms with E-state index in [1.165, 1.54) is 5.56 Å². The van der Waals surface area contributed by atoms with Gasteiger partial charge in [-0.25, -0.2) is 0 Å². The second-order valence-corrected chi connectivity index (χ2v) is 4.76. The molecule has 0 aliphatic rings. The number of nitrogens with zero attached hydrogens (tertiary/aromatic N) is 1. The smallest absolute Gasteiger partial charge is 0.237 e. The maximum Gasteiger partial charge on any atom is 0.237 e. The molecule has 0 spiro atoms. The predicted octanol–water partition coefficient (Wildman–Crippen LogP) is 2.89. The lowest BCUT2D eigenvalue weighted by atomic mass is 10.0. The molecule has 0 unspecified atom stereocenters. The Morgan fingerprint density at radius 2 is 2.06 bits per heavy atom. The summed E-state index contributed by atoms with van der Waals surface area (Å²) in [7, 11) is 1.72. The average Bonchev–Trinajstić information content (AvgIpc) is 2.38. The van der Waals surface area contributed by atoms with Crippen molar-refractivity contribution in [2.75, 3.05) is 26.1 Å². The third-order valence-corrected chi connectivity index (χ3v) is 2.99. The highest BCUT2D eigenvalue weighted by Gasteiger charge is 2.09. The number of benzene rings is 1. The summed E-state index contributed by atoms with van der Waals surface area (Å²) in [5, 5.41) is 0. The average molecular weight is 270 g/mol. The summed E-state index contributed by atoms with van der Waals surface area (Å²) in [5.74, 6) is 1.24. The van der Waals surface area contributed by atoms with Crippen molar-refractivity contribution in [1.82, 2.24) is 4.90 Å². The first-order chi connectivity index (χ1) is 8.56. The summed E-state index contributed by atoms with van der Waals surface area (Å²) in [6.07, 6.45) is 0. The Hall–Kier alpha value is -1.22. The number of carbonyl (C=O) groups is 1. The van der Waals surface area contributed by atoms with Crippen molar-refractivity contribution in [3.8, 4) is 5.75 Å². The van der Waals surface area contributed by atoms with E-state index in [1.807, 2.05) is 18.2 Å². The van der Waals surface area contributed by atoms with Crippen molar-refractivity contribution in [1.29, 1.82) is 0 Å². The van der Waals surface area contributed by atoms with Crippen molar-refractivity contribution in [3.05, 3.63) is 29.8 Å². The molecule has 0 aromatic heterocycles. The fourth-order valence-corrected chi connectivity index (χ4v) is 1.81. The van der Waals surface area contributed by atoms with E-state index in [0.717, 1.165) is 5.75 Å². The van der Waals surface area contributed by atoms with Crippen molar-refractivity contribution in [3.63, 3.8) is 0 Å². The summed E-state index contributed by atoms with van der Waals surface area (Å²) in [5.41, 5.74) is 1.18. The number of alkyl halides is 1. The molecule has 0 atom stereocenters. The Kier molecular flexibility index (Phi) is 5.99. The van der Waals surface area contributed by atoms with E-state index in [4.69, 9.17) is 16.3 Å². The van der Waals surface area contributed by atoms with Crippen molar-refractivity contribution in [2.24, 2.45) is 0 Å². The van der Waals surface area contributed by atoms with Crippen LogP contribution in [0.1, 0.15) is 25.3 Å². The van der Waals surface area contributed by atoms with Crippen LogP contribution in [-0.2, 0) is 4.79 Å². The molecule has 0 heterocycles. The molecule has 0 fully saturated rings. The molecule has 3 nitrogen and oxygen atoms in total. The molecule has 0 saturated heterocycles. The number of rotatable bonds is 6. The fourth-order valence-electron chi connectivity index (χ4n) is 1.61. The molecule has 18 heavy (non-hydrogen) atoms. The second kappa shape index (κ2) is 7.27. The van der Waals surface area contributed by atoms with Crippen LogP contribution in [0.2, 0.25) is 0 Å². The normalized spacial score (nSPS) is 10.5. The number of hydrogen-bond donors (Lipinski definition) is 0. The topological polar surface area (TPSA) is 29.5 Å². The summed E-state index contributed by atoms with van der Waals surface area (Å²) < 4.78 is 5.73. The lowest BCUT2D eigenvalue weighted by molar-refractivity contribution is -0.127. The molecule has 4 heteroatoms. The zero-order chi connectivity index (χ0) is 13.5. The number of halogens is 1. The number of hydrogen-bond acceptors (Lipinski definition) is 2. The highest BCUT2D eigenvalue weighted by molar-refractivity contribution is 6.27. The SMILES string of the molecule is CC(C)c1ccccc1OCCN(C)C(=O)CCl. The van der Waals surface area contributed by atoms with Crippen LogP contribution < -0.4 is 4.74 Å². The van der Waals surface area contributed by atoms with E-state index in [9.17, 15) is 4.79 Å². The third kappa shape index (κ3) is 4.22. The Morgan fingerprint density at radius 1 is 1.39 bits per heavy atom. The maximum absolute atomic E-state index is 11.3. The van der Waals surface area contributed by atoms with Gasteiger partial charge in [0.05, 0.1) is 6.54 Å². The zero-order valence-corrected chi connectivity index (χ0v) is 11.9. The van der Waals surface area contributed by atoms with Crippen LogP contribution in [0.25, 0.3) is 0 Å². The van der Waals surface area contributed by atoms with E-state index in [-0.39, 0.29) is 11.8 Å². The molecule has 1 aromatic rings. The molecule has 1 amide bonds. The highest BCUT2D eigenvalue weighted by atomic mass is 35.5. The minimum absolute atomic E-state index is 0.0130. The van der Waals surface area contributed by atoms with Gasteiger partial charge in [-0.3, -0.25) is 4.79 Å². The van der Waals surface area contributed by atoms with Gasteiger partial charge >= 0.3 is 0 Å². The van der Waals surface area contributed by atoms with Crippen LogP contribution in [-0.4, -0.2) is 36.9 Å². The first-order valence-electron chi connectivity index (χ1n) is 6.08. The number of likely N-dealkylation sites (N-methyl/N-ethyl adjacent to an activating group) is 1. The fraction of sp³-hybridized carbons (Fsp3) is 0.500. The Balaban J connectivity index is 2.51. The van der Waals surface area contributed by atoms with Crippen molar-refractivity contribution < 1.29 is 9.53 Å². The first-order valence-corrected chi connectivity index (χ1v) is 6.61. The van der Waals surface area contributed by atoms with Gasteiger partial charge in [-0.1, -0.05) is 32.0 Å². The Morgan fingerprint density at radius 3 is 2.67 bits per heavy atom. The van der Waals surface area contributed by atoms with Crippen LogP contribution in [0.15, 0.2) is 24.3 Å². The van der Waals surface area contributed by atoms with Crippen LogP contribution in [0, 0.1) is 0 Å². The van der Waals surface area contributed by atoms with Gasteiger partial charge in [0.15, 0.2) is 0 Å². The van der Waals surface area contributed by atoms with E-state index < -0.39 is 0 Å². The molecular weight excluding hydrogens is 250 g/mol. The standard InChI is InChI=1S/C14H20ClNO2/c1-11(2)12-6-4-5-7-13(12)18-9-8-16(3)14(17)10-15/h4-7,11H,8-10H2,1-3H3. The van der Waals surface area contributed by atoms with E-state index >= 15 is 0 Å². The van der Waals surface area contributed by atoms with Gasteiger partial charge in [-0.15, -0.1) is 11.6 Å².